The molecular weight excluding hydrogens is 162 g/mol. The number of carbonyl (C=O) groups excluding carboxylic acids is 3. The average molecular weight is 175 g/mol. The molecule has 1 saturated heterocycles. The van der Waals surface area contributed by atoms with Crippen molar-refractivity contribution in [2.45, 2.75) is 26.1 Å². The minimum atomic E-state index is -1.38. The number of carbonyl (C=O) groups is 3. The molecule has 1 unspecified atom stereocenters. The molecule has 1 heterocycles. The van der Waals surface area contributed by atoms with Gasteiger partial charge in [-0.2, -0.15) is 0 Å². The first-order chi connectivity index (χ1) is 6.56. The predicted molar refractivity (Wildman–Crippen MR) is 37.5 cm³/mol. The Labute approximate surface area is 72.0 Å². The van der Waals surface area contributed by atoms with Crippen LogP contribution in [0.1, 0.15) is 28.9 Å². The van der Waals surface area contributed by atoms with Crippen LogP contribution in [0, 0.1) is 0 Å². The van der Waals surface area contributed by atoms with E-state index in [0.717, 1.165) is 0 Å². The predicted octanol–water partition coefficient (Wildman–Crippen LogP) is 0.00360. The van der Waals surface area contributed by atoms with Crippen LogP contribution in [0.4, 0.5) is 0 Å². The van der Waals surface area contributed by atoms with Gasteiger partial charge in [0.25, 0.3) is 11.8 Å². The lowest BCUT2D eigenvalue weighted by Gasteiger charge is -2.10. The van der Waals surface area contributed by atoms with Crippen LogP contribution in [0.5, 0.6) is 0 Å². The van der Waals surface area contributed by atoms with E-state index in [2.05, 4.69) is 4.84 Å². The maximum Gasteiger partial charge on any atom is 0.332 e. The Morgan fingerprint density at radius 3 is 2.75 bits per heavy atom. The van der Waals surface area contributed by atoms with E-state index in [0.29, 0.717) is 5.06 Å². The fourth-order valence-corrected chi connectivity index (χ4v) is 0.785. The molecule has 0 bridgehead atoms. The minimum Gasteiger partial charge on any atom is -0.330 e. The quantitative estimate of drug-likeness (QED) is 0.554. The molecule has 2 amide bonds. The van der Waals surface area contributed by atoms with Crippen molar-refractivity contribution >= 4 is 17.8 Å². The molecule has 5 heteroatoms. The summed E-state index contributed by atoms with van der Waals surface area (Å²) in [5.74, 6) is -2.22. The molecule has 12 heavy (non-hydrogen) atoms. The average Bonchev–Trinajstić information content (AvgIpc) is 2.48. The molecule has 1 fully saturated rings. The molecule has 1 aliphatic rings. The molecule has 0 aromatic heterocycles. The highest BCUT2D eigenvalue weighted by atomic mass is 16.7. The molecule has 0 aromatic rings. The second kappa shape index (κ2) is 3.34. The van der Waals surface area contributed by atoms with E-state index in [1.807, 2.05) is 0 Å². The SMILES string of the molecule is [3H]CC([3H])C(=O)ON1C(=O)CCC1=O. The molecule has 0 radical (unpaired) electrons. The Morgan fingerprint density at radius 1 is 1.67 bits per heavy atom. The maximum absolute atomic E-state index is 11.0. The molecule has 0 aliphatic carbocycles. The van der Waals surface area contributed by atoms with Gasteiger partial charge in [0.05, 0.1) is 0 Å². The zero-order valence-electron chi connectivity index (χ0n) is 8.28. The summed E-state index contributed by atoms with van der Waals surface area (Å²) in [5, 5.41) is 0.375. The van der Waals surface area contributed by atoms with Gasteiger partial charge in [0, 0.05) is 22.0 Å². The number of hydrogen-bond acceptors (Lipinski definition) is 4. The summed E-state index contributed by atoms with van der Waals surface area (Å²) >= 11 is 0. The van der Waals surface area contributed by atoms with E-state index in [-0.39, 0.29) is 12.8 Å². The largest absolute Gasteiger partial charge is 0.332 e. The maximum atomic E-state index is 11.0. The third kappa shape index (κ3) is 1.61. The highest BCUT2D eigenvalue weighted by Crippen LogP contribution is 2.12. The summed E-state index contributed by atoms with van der Waals surface area (Å²) in [6, 6.07) is 0. The van der Waals surface area contributed by atoms with Crippen LogP contribution in [-0.4, -0.2) is 22.8 Å². The van der Waals surface area contributed by atoms with Gasteiger partial charge in [-0.3, -0.25) is 9.59 Å². The Hall–Kier alpha value is -1.39. The summed E-state index contributed by atoms with van der Waals surface area (Å²) in [4.78, 5) is 37.2. The molecule has 0 spiro atoms. The molecular formula is C7H9NO4. The van der Waals surface area contributed by atoms with Crippen molar-refractivity contribution in [3.05, 3.63) is 0 Å². The summed E-state index contributed by atoms with van der Waals surface area (Å²) in [7, 11) is 0. The minimum absolute atomic E-state index is 0.0235. The molecule has 0 saturated carbocycles. The van der Waals surface area contributed by atoms with Crippen LogP contribution < -0.4 is 0 Å². The van der Waals surface area contributed by atoms with E-state index in [1.54, 1.807) is 0 Å². The smallest absolute Gasteiger partial charge is 0.330 e. The van der Waals surface area contributed by atoms with Crippen molar-refractivity contribution in [3.63, 3.8) is 0 Å². The molecule has 66 valence electrons. The van der Waals surface area contributed by atoms with Crippen LogP contribution in [0.3, 0.4) is 0 Å². The molecule has 1 aliphatic heterocycles. The van der Waals surface area contributed by atoms with Gasteiger partial charge in [-0.15, -0.1) is 5.06 Å². The number of nitrogens with zero attached hydrogens (tertiary/aromatic N) is 1. The van der Waals surface area contributed by atoms with Crippen LogP contribution >= 0.6 is 0 Å². The summed E-state index contributed by atoms with van der Waals surface area (Å²) in [6.45, 7) is -0.463. The van der Waals surface area contributed by atoms with Gasteiger partial charge in [0.15, 0.2) is 0 Å². The van der Waals surface area contributed by atoms with E-state index in [9.17, 15) is 14.4 Å². The Morgan fingerprint density at radius 2 is 2.25 bits per heavy atom. The van der Waals surface area contributed by atoms with E-state index < -0.39 is 31.1 Å². The molecule has 1 atom stereocenters. The fourth-order valence-electron chi connectivity index (χ4n) is 0.785. The lowest BCUT2D eigenvalue weighted by atomic mass is 10.4. The first kappa shape index (κ1) is 6.16. The van der Waals surface area contributed by atoms with Crippen molar-refractivity contribution in [2.24, 2.45) is 0 Å². The van der Waals surface area contributed by atoms with Crippen LogP contribution in [-0.2, 0) is 19.2 Å². The van der Waals surface area contributed by atoms with Gasteiger partial charge < -0.3 is 4.84 Å². The van der Waals surface area contributed by atoms with E-state index in [1.165, 1.54) is 0 Å². The van der Waals surface area contributed by atoms with E-state index in [4.69, 9.17) is 2.74 Å². The number of imide groups is 1. The van der Waals surface area contributed by atoms with Crippen molar-refractivity contribution < 1.29 is 22.0 Å². The van der Waals surface area contributed by atoms with Gasteiger partial charge >= 0.3 is 5.97 Å². The lowest BCUT2D eigenvalue weighted by molar-refractivity contribution is -0.197. The monoisotopic (exact) mass is 175 g/mol. The fraction of sp³-hybridized carbons (Fsp3) is 0.571. The standard InChI is InChI=1S/C7H9NO4/c1-2-7(11)12-8-5(9)3-4-6(8)10/h2-4H2,1H3/i1T,2T. The summed E-state index contributed by atoms with van der Waals surface area (Å²) in [6.07, 6.45) is -1.33. The van der Waals surface area contributed by atoms with Crippen molar-refractivity contribution in [1.29, 1.82) is 0 Å². The second-order valence-electron chi connectivity index (χ2n) is 2.20. The van der Waals surface area contributed by atoms with Crippen LogP contribution in [0.15, 0.2) is 0 Å². The van der Waals surface area contributed by atoms with Gasteiger partial charge in [-0.1, -0.05) is 6.90 Å². The highest BCUT2D eigenvalue weighted by Gasteiger charge is 2.32. The molecule has 5 nitrogen and oxygen atoms in total. The number of amides is 2. The molecule has 0 N–H and O–H groups in total. The van der Waals surface area contributed by atoms with Crippen molar-refractivity contribution in [1.82, 2.24) is 5.06 Å². The van der Waals surface area contributed by atoms with Crippen molar-refractivity contribution in [3.8, 4) is 0 Å². The first-order valence-corrected chi connectivity index (χ1v) is 3.35. The van der Waals surface area contributed by atoms with Crippen molar-refractivity contribution in [2.75, 3.05) is 0 Å². The molecule has 0 aromatic carbocycles. The van der Waals surface area contributed by atoms with Crippen LogP contribution in [0.2, 0.25) is 0 Å². The van der Waals surface area contributed by atoms with Crippen LogP contribution in [0.25, 0.3) is 0 Å². The first-order valence-electron chi connectivity index (χ1n) is 4.63. The Balaban J connectivity index is 2.55. The van der Waals surface area contributed by atoms with Gasteiger partial charge in [-0.05, 0) is 0 Å². The topological polar surface area (TPSA) is 63.7 Å². The summed E-state index contributed by atoms with van der Waals surface area (Å²) in [5.41, 5.74) is 0. The Bertz CT molecular complexity index is 265. The zero-order valence-corrected chi connectivity index (χ0v) is 6.28. The molecule has 1 rings (SSSR count). The normalized spacial score (nSPS) is 21.8. The highest BCUT2D eigenvalue weighted by molar-refractivity contribution is 6.01. The number of hydroxylamine groups is 2. The van der Waals surface area contributed by atoms with Gasteiger partial charge in [0.2, 0.25) is 0 Å². The third-order valence-electron chi connectivity index (χ3n) is 1.35. The number of rotatable bonds is 2. The lowest BCUT2D eigenvalue weighted by Crippen LogP contribution is -2.31. The summed E-state index contributed by atoms with van der Waals surface area (Å²) < 4.78 is 13.7. The third-order valence-corrected chi connectivity index (χ3v) is 1.35. The van der Waals surface area contributed by atoms with Gasteiger partial charge in [-0.25, -0.2) is 4.79 Å². The zero-order chi connectivity index (χ0) is 10.7. The second-order valence-corrected chi connectivity index (χ2v) is 2.20. The number of hydrogen-bond donors (Lipinski definition) is 0. The van der Waals surface area contributed by atoms with E-state index >= 15 is 0 Å². The Kier molecular flexibility index (Phi) is 1.71. The van der Waals surface area contributed by atoms with Gasteiger partial charge in [0.1, 0.15) is 0 Å².